The van der Waals surface area contributed by atoms with Gasteiger partial charge in [-0.15, -0.1) is 0 Å². The SMILES string of the molecule is C[C@@H](NC(=O)N1C/C(=C\c2ccc(F)cc2)c2c(cnn2-c2ccc(Cl)cc2Cl)C1)c1ccccc1. The van der Waals surface area contributed by atoms with Crippen LogP contribution in [-0.2, 0) is 6.54 Å². The summed E-state index contributed by atoms with van der Waals surface area (Å²) in [6, 6.07) is 21.0. The third kappa shape index (κ3) is 5.01. The molecule has 5 nitrogen and oxygen atoms in total. The van der Waals surface area contributed by atoms with Crippen LogP contribution in [0.4, 0.5) is 9.18 Å². The van der Waals surface area contributed by atoms with Crippen LogP contribution < -0.4 is 5.32 Å². The van der Waals surface area contributed by atoms with Crippen LogP contribution in [0, 0.1) is 5.82 Å². The molecule has 1 atom stereocenters. The molecule has 0 saturated carbocycles. The Morgan fingerprint density at radius 3 is 2.53 bits per heavy atom. The molecule has 36 heavy (non-hydrogen) atoms. The summed E-state index contributed by atoms with van der Waals surface area (Å²) in [5, 5.41) is 8.68. The summed E-state index contributed by atoms with van der Waals surface area (Å²) in [5.41, 5.74) is 5.10. The van der Waals surface area contributed by atoms with Crippen molar-refractivity contribution in [1.82, 2.24) is 20.0 Å². The zero-order valence-corrected chi connectivity index (χ0v) is 21.0. The van der Waals surface area contributed by atoms with E-state index in [0.717, 1.165) is 28.0 Å². The Hall–Kier alpha value is -3.61. The number of fused-ring (bicyclic) bond motifs is 1. The summed E-state index contributed by atoms with van der Waals surface area (Å²) in [5.74, 6) is -0.310. The fourth-order valence-electron chi connectivity index (χ4n) is 4.34. The first-order valence-corrected chi connectivity index (χ1v) is 12.2. The van der Waals surface area contributed by atoms with Crippen molar-refractivity contribution in [1.29, 1.82) is 0 Å². The second-order valence-corrected chi connectivity index (χ2v) is 9.53. The molecule has 8 heteroatoms. The van der Waals surface area contributed by atoms with E-state index in [4.69, 9.17) is 23.2 Å². The van der Waals surface area contributed by atoms with Gasteiger partial charge in [0, 0.05) is 17.1 Å². The Morgan fingerprint density at radius 2 is 1.81 bits per heavy atom. The minimum absolute atomic E-state index is 0.153. The van der Waals surface area contributed by atoms with Crippen LogP contribution in [0.15, 0.2) is 79.0 Å². The first kappa shape index (κ1) is 24.1. The molecule has 1 aliphatic heterocycles. The highest BCUT2D eigenvalue weighted by molar-refractivity contribution is 6.35. The van der Waals surface area contributed by atoms with Gasteiger partial charge in [-0.3, -0.25) is 0 Å². The molecule has 0 spiro atoms. The van der Waals surface area contributed by atoms with E-state index in [-0.39, 0.29) is 17.9 Å². The number of urea groups is 1. The van der Waals surface area contributed by atoms with Crippen LogP contribution >= 0.6 is 23.2 Å². The van der Waals surface area contributed by atoms with Gasteiger partial charge >= 0.3 is 6.03 Å². The fourth-order valence-corrected chi connectivity index (χ4v) is 4.83. The monoisotopic (exact) mass is 520 g/mol. The lowest BCUT2D eigenvalue weighted by Gasteiger charge is -2.31. The Labute approximate surface area is 218 Å². The summed E-state index contributed by atoms with van der Waals surface area (Å²) in [7, 11) is 0. The zero-order chi connectivity index (χ0) is 25.2. The second-order valence-electron chi connectivity index (χ2n) is 8.69. The van der Waals surface area contributed by atoms with Crippen LogP contribution in [0.3, 0.4) is 0 Å². The first-order valence-electron chi connectivity index (χ1n) is 11.5. The van der Waals surface area contributed by atoms with Crippen molar-refractivity contribution >= 4 is 40.9 Å². The number of hydrogen-bond acceptors (Lipinski definition) is 2. The zero-order valence-electron chi connectivity index (χ0n) is 19.5. The van der Waals surface area contributed by atoms with Gasteiger partial charge in [0.05, 0.1) is 35.2 Å². The van der Waals surface area contributed by atoms with Crippen LogP contribution in [0.2, 0.25) is 10.0 Å². The van der Waals surface area contributed by atoms with Crippen molar-refractivity contribution in [2.75, 3.05) is 6.54 Å². The summed E-state index contributed by atoms with van der Waals surface area (Å²) in [6.07, 6.45) is 3.69. The number of rotatable bonds is 4. The average molecular weight is 521 g/mol. The van der Waals surface area contributed by atoms with Crippen LogP contribution in [0.25, 0.3) is 17.3 Å². The number of benzene rings is 3. The molecule has 5 rings (SSSR count). The van der Waals surface area contributed by atoms with Gasteiger partial charge in [-0.05, 0) is 60.0 Å². The molecule has 0 aliphatic carbocycles. The minimum Gasteiger partial charge on any atom is -0.331 e. The molecule has 2 heterocycles. The number of carbonyl (C=O) groups is 1. The number of nitrogens with zero attached hydrogens (tertiary/aromatic N) is 3. The van der Waals surface area contributed by atoms with Gasteiger partial charge in [0.2, 0.25) is 0 Å². The Balaban J connectivity index is 1.51. The van der Waals surface area contributed by atoms with E-state index in [1.54, 1.807) is 40.0 Å². The quantitative estimate of drug-likeness (QED) is 0.310. The normalized spacial score (nSPS) is 15.0. The Morgan fingerprint density at radius 1 is 1.06 bits per heavy atom. The molecule has 0 radical (unpaired) electrons. The topological polar surface area (TPSA) is 50.2 Å². The van der Waals surface area contributed by atoms with Crippen molar-refractivity contribution in [2.45, 2.75) is 19.5 Å². The number of aromatic nitrogens is 2. The van der Waals surface area contributed by atoms with Gasteiger partial charge in [-0.2, -0.15) is 5.10 Å². The van der Waals surface area contributed by atoms with E-state index < -0.39 is 0 Å². The molecule has 0 unspecified atom stereocenters. The Bertz CT molecular complexity index is 1430. The highest BCUT2D eigenvalue weighted by atomic mass is 35.5. The van der Waals surface area contributed by atoms with Crippen molar-refractivity contribution in [3.63, 3.8) is 0 Å². The number of amides is 2. The van der Waals surface area contributed by atoms with E-state index in [1.165, 1.54) is 12.1 Å². The average Bonchev–Trinajstić information content (AvgIpc) is 3.30. The smallest absolute Gasteiger partial charge is 0.318 e. The lowest BCUT2D eigenvalue weighted by atomic mass is 9.99. The van der Waals surface area contributed by atoms with Gasteiger partial charge in [0.1, 0.15) is 5.82 Å². The molecule has 0 bridgehead atoms. The molecule has 1 N–H and O–H groups in total. The molecule has 0 fully saturated rings. The van der Waals surface area contributed by atoms with Gasteiger partial charge in [-0.25, -0.2) is 13.9 Å². The maximum Gasteiger partial charge on any atom is 0.318 e. The summed E-state index contributed by atoms with van der Waals surface area (Å²) < 4.78 is 15.3. The molecule has 3 aromatic carbocycles. The van der Waals surface area contributed by atoms with Crippen molar-refractivity contribution in [3.05, 3.63) is 117 Å². The number of nitrogens with one attached hydrogen (secondary N) is 1. The minimum atomic E-state index is -0.310. The maximum absolute atomic E-state index is 13.5. The van der Waals surface area contributed by atoms with Crippen LogP contribution in [-0.4, -0.2) is 27.3 Å². The first-order chi connectivity index (χ1) is 17.4. The summed E-state index contributed by atoms with van der Waals surface area (Å²) in [6.45, 7) is 2.68. The van der Waals surface area contributed by atoms with E-state index in [2.05, 4.69) is 10.4 Å². The van der Waals surface area contributed by atoms with Gasteiger partial charge in [0.15, 0.2) is 0 Å². The lowest BCUT2D eigenvalue weighted by molar-refractivity contribution is 0.197. The standard InChI is InChI=1S/C28H23Cl2FN4O/c1-18(20-5-3-2-4-6-20)33-28(36)34-16-21(13-19-7-10-24(31)11-8-19)27-22(17-34)15-32-35(27)26-12-9-23(29)14-25(26)30/h2-15,18H,16-17H2,1H3,(H,33,36)/b21-13+/t18-/m1/s1. The maximum atomic E-state index is 13.5. The van der Waals surface area contributed by atoms with Gasteiger partial charge < -0.3 is 10.2 Å². The largest absolute Gasteiger partial charge is 0.331 e. The molecule has 182 valence electrons. The molecule has 2 amide bonds. The fraction of sp³-hybridized carbons (Fsp3) is 0.143. The van der Waals surface area contributed by atoms with E-state index in [1.807, 2.05) is 49.4 Å². The highest BCUT2D eigenvalue weighted by Crippen LogP contribution is 2.34. The highest BCUT2D eigenvalue weighted by Gasteiger charge is 2.29. The number of carbonyl (C=O) groups excluding carboxylic acids is 1. The molecular weight excluding hydrogens is 498 g/mol. The third-order valence-corrected chi connectivity index (χ3v) is 6.68. The summed E-state index contributed by atoms with van der Waals surface area (Å²) in [4.78, 5) is 15.0. The predicted molar refractivity (Wildman–Crippen MR) is 142 cm³/mol. The molecule has 0 saturated heterocycles. The van der Waals surface area contributed by atoms with E-state index >= 15 is 0 Å². The van der Waals surface area contributed by atoms with Gasteiger partial charge in [0.25, 0.3) is 0 Å². The second kappa shape index (κ2) is 10.2. The van der Waals surface area contributed by atoms with Crippen LogP contribution in [0.5, 0.6) is 0 Å². The summed E-state index contributed by atoms with van der Waals surface area (Å²) >= 11 is 12.6. The Kier molecular flexibility index (Phi) is 6.81. The van der Waals surface area contributed by atoms with Crippen molar-refractivity contribution in [3.8, 4) is 5.69 Å². The number of hydrogen-bond donors (Lipinski definition) is 1. The van der Waals surface area contributed by atoms with E-state index in [9.17, 15) is 9.18 Å². The van der Waals surface area contributed by atoms with Gasteiger partial charge in [-0.1, -0.05) is 65.7 Å². The van der Waals surface area contributed by atoms with Crippen molar-refractivity contribution in [2.24, 2.45) is 0 Å². The molecule has 1 aromatic heterocycles. The molecule has 1 aliphatic rings. The molecule has 4 aromatic rings. The van der Waals surface area contributed by atoms with Crippen molar-refractivity contribution < 1.29 is 9.18 Å². The third-order valence-electron chi connectivity index (χ3n) is 6.15. The molecular formula is C28H23Cl2FN4O. The number of halogens is 3. The van der Waals surface area contributed by atoms with Crippen LogP contribution in [0.1, 0.15) is 35.3 Å². The lowest BCUT2D eigenvalue weighted by Crippen LogP contribution is -2.43. The predicted octanol–water partition coefficient (Wildman–Crippen LogP) is 7.15. The van der Waals surface area contributed by atoms with E-state index in [0.29, 0.717) is 28.8 Å².